The van der Waals surface area contributed by atoms with Gasteiger partial charge in [-0.15, -0.1) is 0 Å². The molecular formula is C21H21N3O3S. The Kier molecular flexibility index (Phi) is 5.75. The van der Waals surface area contributed by atoms with Crippen molar-refractivity contribution in [1.82, 2.24) is 10.3 Å². The summed E-state index contributed by atoms with van der Waals surface area (Å²) in [5.74, 6) is -0.236. The Balaban J connectivity index is 1.71. The summed E-state index contributed by atoms with van der Waals surface area (Å²) in [5, 5.41) is 2.82. The Labute approximate surface area is 164 Å². The number of aromatic nitrogens is 1. The number of nitrogens with zero attached hydrogens (tertiary/aromatic N) is 1. The zero-order valence-electron chi connectivity index (χ0n) is 15.6. The third-order valence-electron chi connectivity index (χ3n) is 4.24. The molecule has 0 saturated heterocycles. The number of carbonyl (C=O) groups is 1. The van der Waals surface area contributed by atoms with Crippen LogP contribution in [0.15, 0.2) is 71.9 Å². The number of nitrogens with one attached hydrogen (secondary N) is 2. The molecular weight excluding hydrogens is 374 g/mol. The highest BCUT2D eigenvalue weighted by Gasteiger charge is 2.16. The largest absolute Gasteiger partial charge is 0.348 e. The number of hydrogen-bond acceptors (Lipinski definition) is 4. The minimum Gasteiger partial charge on any atom is -0.348 e. The highest BCUT2D eigenvalue weighted by Crippen LogP contribution is 2.21. The molecule has 144 valence electrons. The SMILES string of the molecule is Cc1ccc(S(=O)(=O)Nc2ccc(C(=O)NCc3cccnc3)cc2C)cc1. The molecule has 3 rings (SSSR count). The van der Waals surface area contributed by atoms with Crippen molar-refractivity contribution >= 4 is 21.6 Å². The Morgan fingerprint density at radius 1 is 1.04 bits per heavy atom. The molecule has 0 bridgehead atoms. The van der Waals surface area contributed by atoms with Crippen LogP contribution in [-0.4, -0.2) is 19.3 Å². The first kappa shape index (κ1) is 19.6. The van der Waals surface area contributed by atoms with E-state index in [1.165, 1.54) is 0 Å². The van der Waals surface area contributed by atoms with Crippen molar-refractivity contribution in [2.75, 3.05) is 4.72 Å². The van der Waals surface area contributed by atoms with E-state index < -0.39 is 10.0 Å². The first-order valence-electron chi connectivity index (χ1n) is 8.72. The van der Waals surface area contributed by atoms with Crippen LogP contribution in [0.25, 0.3) is 0 Å². The molecule has 0 unspecified atom stereocenters. The second kappa shape index (κ2) is 8.22. The molecule has 1 amide bonds. The molecule has 28 heavy (non-hydrogen) atoms. The molecule has 0 spiro atoms. The topological polar surface area (TPSA) is 88.2 Å². The van der Waals surface area contributed by atoms with E-state index in [0.717, 1.165) is 11.1 Å². The Hall–Kier alpha value is -3.19. The minimum atomic E-state index is -3.69. The molecule has 3 aromatic rings. The highest BCUT2D eigenvalue weighted by molar-refractivity contribution is 7.92. The average Bonchev–Trinajstić information content (AvgIpc) is 2.68. The average molecular weight is 395 g/mol. The lowest BCUT2D eigenvalue weighted by molar-refractivity contribution is 0.0951. The number of hydrogen-bond donors (Lipinski definition) is 2. The molecule has 2 aromatic carbocycles. The fourth-order valence-electron chi connectivity index (χ4n) is 2.63. The van der Waals surface area contributed by atoms with Crippen LogP contribution < -0.4 is 10.0 Å². The van der Waals surface area contributed by atoms with E-state index in [1.807, 2.05) is 13.0 Å². The third kappa shape index (κ3) is 4.75. The summed E-state index contributed by atoms with van der Waals surface area (Å²) < 4.78 is 27.7. The Bertz CT molecular complexity index is 1080. The van der Waals surface area contributed by atoms with Crippen LogP contribution in [0.2, 0.25) is 0 Å². The number of rotatable bonds is 6. The maximum absolute atomic E-state index is 12.5. The molecule has 0 aliphatic heterocycles. The molecule has 1 heterocycles. The van der Waals surface area contributed by atoms with Gasteiger partial charge in [0.05, 0.1) is 10.6 Å². The van der Waals surface area contributed by atoms with Gasteiger partial charge in [-0.25, -0.2) is 8.42 Å². The van der Waals surface area contributed by atoms with Gasteiger partial charge in [0, 0.05) is 24.5 Å². The highest BCUT2D eigenvalue weighted by atomic mass is 32.2. The maximum atomic E-state index is 12.5. The number of pyridine rings is 1. The van der Waals surface area contributed by atoms with Gasteiger partial charge in [0.2, 0.25) is 0 Å². The van der Waals surface area contributed by atoms with Gasteiger partial charge >= 0.3 is 0 Å². The molecule has 6 nitrogen and oxygen atoms in total. The normalized spacial score (nSPS) is 11.1. The lowest BCUT2D eigenvalue weighted by Crippen LogP contribution is -2.23. The summed E-state index contributed by atoms with van der Waals surface area (Å²) in [6, 6.07) is 15.2. The summed E-state index contributed by atoms with van der Waals surface area (Å²) in [6.07, 6.45) is 3.36. The molecule has 0 aliphatic rings. The van der Waals surface area contributed by atoms with Crippen LogP contribution in [0.4, 0.5) is 5.69 Å². The second-order valence-corrected chi connectivity index (χ2v) is 8.17. The summed E-state index contributed by atoms with van der Waals surface area (Å²) in [5.41, 5.74) is 3.43. The van der Waals surface area contributed by atoms with Crippen LogP contribution >= 0.6 is 0 Å². The number of anilines is 1. The standard InChI is InChI=1S/C21H21N3O3S/c1-15-5-8-19(9-6-15)28(26,27)24-20-10-7-18(12-16(20)2)21(25)23-14-17-4-3-11-22-13-17/h3-13,24H,14H2,1-2H3,(H,23,25). The van der Waals surface area contributed by atoms with Gasteiger partial charge in [0.15, 0.2) is 0 Å². The molecule has 7 heteroatoms. The Morgan fingerprint density at radius 3 is 2.43 bits per heavy atom. The first-order chi connectivity index (χ1) is 13.3. The number of amides is 1. The van der Waals surface area contributed by atoms with E-state index in [4.69, 9.17) is 0 Å². The van der Waals surface area contributed by atoms with Crippen molar-refractivity contribution in [2.45, 2.75) is 25.3 Å². The van der Waals surface area contributed by atoms with Gasteiger partial charge in [-0.05, 0) is 61.4 Å². The van der Waals surface area contributed by atoms with E-state index in [-0.39, 0.29) is 10.8 Å². The quantitative estimate of drug-likeness (QED) is 0.669. The van der Waals surface area contributed by atoms with Crippen molar-refractivity contribution in [3.8, 4) is 0 Å². The zero-order chi connectivity index (χ0) is 20.1. The summed E-state index contributed by atoms with van der Waals surface area (Å²) in [4.78, 5) is 16.5. The lowest BCUT2D eigenvalue weighted by atomic mass is 10.1. The zero-order valence-corrected chi connectivity index (χ0v) is 16.5. The molecule has 2 N–H and O–H groups in total. The van der Waals surface area contributed by atoms with Crippen molar-refractivity contribution < 1.29 is 13.2 Å². The maximum Gasteiger partial charge on any atom is 0.261 e. The monoisotopic (exact) mass is 395 g/mol. The predicted molar refractivity (Wildman–Crippen MR) is 109 cm³/mol. The van der Waals surface area contributed by atoms with E-state index >= 15 is 0 Å². The molecule has 0 aliphatic carbocycles. The number of sulfonamides is 1. The second-order valence-electron chi connectivity index (χ2n) is 6.49. The van der Waals surface area contributed by atoms with E-state index in [9.17, 15) is 13.2 Å². The smallest absolute Gasteiger partial charge is 0.261 e. The predicted octanol–water partition coefficient (Wildman–Crippen LogP) is 3.43. The van der Waals surface area contributed by atoms with Crippen molar-refractivity contribution in [3.63, 3.8) is 0 Å². The fraction of sp³-hybridized carbons (Fsp3) is 0.143. The van der Waals surface area contributed by atoms with Crippen LogP contribution in [0.5, 0.6) is 0 Å². The van der Waals surface area contributed by atoms with E-state index in [1.54, 1.807) is 67.8 Å². The lowest BCUT2D eigenvalue weighted by Gasteiger charge is -2.12. The van der Waals surface area contributed by atoms with Crippen LogP contribution in [-0.2, 0) is 16.6 Å². The minimum absolute atomic E-state index is 0.191. The summed E-state index contributed by atoms with van der Waals surface area (Å²) in [7, 11) is -3.69. The van der Waals surface area contributed by atoms with Crippen LogP contribution in [0.3, 0.4) is 0 Å². The summed E-state index contributed by atoms with van der Waals surface area (Å²) >= 11 is 0. The molecule has 0 atom stereocenters. The number of carbonyl (C=O) groups excluding carboxylic acids is 1. The number of benzene rings is 2. The van der Waals surface area contributed by atoms with Gasteiger partial charge in [0.25, 0.3) is 15.9 Å². The van der Waals surface area contributed by atoms with Gasteiger partial charge in [-0.2, -0.15) is 0 Å². The van der Waals surface area contributed by atoms with E-state index in [2.05, 4.69) is 15.0 Å². The van der Waals surface area contributed by atoms with Crippen molar-refractivity contribution in [2.24, 2.45) is 0 Å². The van der Waals surface area contributed by atoms with Gasteiger partial charge in [-0.1, -0.05) is 23.8 Å². The number of aryl methyl sites for hydroxylation is 2. The van der Waals surface area contributed by atoms with Gasteiger partial charge in [-0.3, -0.25) is 14.5 Å². The molecule has 0 fully saturated rings. The molecule has 0 saturated carbocycles. The first-order valence-corrected chi connectivity index (χ1v) is 10.2. The fourth-order valence-corrected chi connectivity index (χ4v) is 3.76. The van der Waals surface area contributed by atoms with Gasteiger partial charge in [0.1, 0.15) is 0 Å². The van der Waals surface area contributed by atoms with Crippen LogP contribution in [0.1, 0.15) is 27.0 Å². The molecule has 1 aromatic heterocycles. The van der Waals surface area contributed by atoms with E-state index in [0.29, 0.717) is 23.4 Å². The Morgan fingerprint density at radius 2 is 1.79 bits per heavy atom. The third-order valence-corrected chi connectivity index (χ3v) is 5.62. The van der Waals surface area contributed by atoms with Crippen molar-refractivity contribution in [3.05, 3.63) is 89.2 Å². The van der Waals surface area contributed by atoms with Crippen LogP contribution in [0, 0.1) is 13.8 Å². The molecule has 0 radical (unpaired) electrons. The summed E-state index contributed by atoms with van der Waals surface area (Å²) in [6.45, 7) is 4.02. The van der Waals surface area contributed by atoms with Gasteiger partial charge < -0.3 is 5.32 Å². The van der Waals surface area contributed by atoms with Crippen molar-refractivity contribution in [1.29, 1.82) is 0 Å².